The van der Waals surface area contributed by atoms with Crippen LogP contribution in [0.25, 0.3) is 55.3 Å². The van der Waals surface area contributed by atoms with Crippen molar-refractivity contribution in [3.05, 3.63) is 223 Å². The minimum absolute atomic E-state index is 0.281. The summed E-state index contributed by atoms with van der Waals surface area (Å²) in [4.78, 5) is 4.54. The summed E-state index contributed by atoms with van der Waals surface area (Å²) in [6, 6.07) is 67.2. The largest absolute Gasteiger partial charge is 0.456 e. The van der Waals surface area contributed by atoms with Crippen molar-refractivity contribution in [2.45, 2.75) is 19.5 Å². The number of allylic oxidation sites excluding steroid dienone is 3. The number of hydrogen-bond acceptors (Lipinski definition) is 4. The smallest absolute Gasteiger partial charge is 0.135 e. The van der Waals surface area contributed by atoms with Crippen molar-refractivity contribution in [2.75, 3.05) is 9.80 Å². The Hall–Kier alpha value is -7.40. The highest BCUT2D eigenvalue weighted by molar-refractivity contribution is 6.06. The van der Waals surface area contributed by atoms with Crippen LogP contribution < -0.4 is 15.5 Å². The maximum absolute atomic E-state index is 6.73. The van der Waals surface area contributed by atoms with Gasteiger partial charge in [0.2, 0.25) is 0 Å². The lowest BCUT2D eigenvalue weighted by molar-refractivity contribution is 0.669. The fourth-order valence-electron chi connectivity index (χ4n) is 8.27. The van der Waals surface area contributed by atoms with Crippen LogP contribution in [-0.4, -0.2) is 6.17 Å². The van der Waals surface area contributed by atoms with Gasteiger partial charge in [-0.05, 0) is 137 Å². The molecule has 10 rings (SSSR count). The molecule has 1 atom stereocenters. The summed E-state index contributed by atoms with van der Waals surface area (Å²) in [6.07, 6.45) is 8.91. The Morgan fingerprint density at radius 2 is 1.03 bits per heavy atom. The molecular weight excluding hydrogens is 719 g/mol. The number of nitrogens with two attached hydrogens (primary N) is 1. The van der Waals surface area contributed by atoms with Gasteiger partial charge in [-0.15, -0.1) is 0 Å². The highest BCUT2D eigenvalue weighted by Crippen LogP contribution is 2.39. The summed E-state index contributed by atoms with van der Waals surface area (Å²) >= 11 is 0. The van der Waals surface area contributed by atoms with Gasteiger partial charge in [-0.1, -0.05) is 133 Å². The molecule has 9 aromatic rings. The van der Waals surface area contributed by atoms with Crippen LogP contribution in [-0.2, 0) is 6.42 Å². The molecule has 1 unspecified atom stereocenters. The first-order valence-electron chi connectivity index (χ1n) is 20.2. The van der Waals surface area contributed by atoms with Crippen LogP contribution in [0.5, 0.6) is 0 Å². The summed E-state index contributed by atoms with van der Waals surface area (Å²) in [6.45, 7) is 2.13. The standard InChI is InChI=1S/C55H43N3O/c1-38-16-28-47(29-17-38)57(49-32-24-42(25-33-49)44-27-35-54-51(37-44)50-13-8-9-14-53(50)59-54)48-30-22-40(23-31-48)39-18-20-41(21-19-39)43-26-34-52-45(36-43)10-4-2-7-15-55(56)58(52)46-11-5-3-6-12-46/h2-9,11-37,55H,10,56H2,1H3/b4-2-,15-7-. The van der Waals surface area contributed by atoms with Crippen molar-refractivity contribution in [3.8, 4) is 33.4 Å². The zero-order valence-corrected chi connectivity index (χ0v) is 32.9. The van der Waals surface area contributed by atoms with E-state index in [0.29, 0.717) is 0 Å². The zero-order valence-electron chi connectivity index (χ0n) is 32.9. The number of nitrogens with zero attached hydrogens (tertiary/aromatic N) is 2. The zero-order chi connectivity index (χ0) is 39.7. The lowest BCUT2D eigenvalue weighted by Crippen LogP contribution is -2.37. The predicted molar refractivity (Wildman–Crippen MR) is 248 cm³/mol. The van der Waals surface area contributed by atoms with Gasteiger partial charge < -0.3 is 20.0 Å². The van der Waals surface area contributed by atoms with Crippen molar-refractivity contribution >= 4 is 50.4 Å². The van der Waals surface area contributed by atoms with E-state index in [-0.39, 0.29) is 6.17 Å². The molecule has 0 fully saturated rings. The maximum atomic E-state index is 6.73. The van der Waals surface area contributed by atoms with Crippen molar-refractivity contribution in [2.24, 2.45) is 5.73 Å². The molecular formula is C55H43N3O. The quantitative estimate of drug-likeness (QED) is 0.176. The van der Waals surface area contributed by atoms with Gasteiger partial charge in [0.05, 0.1) is 0 Å². The monoisotopic (exact) mass is 761 g/mol. The first-order valence-corrected chi connectivity index (χ1v) is 20.2. The summed E-state index contributed by atoms with van der Waals surface area (Å²) in [7, 11) is 0. The molecule has 2 N–H and O–H groups in total. The average molecular weight is 762 g/mol. The van der Waals surface area contributed by atoms with Crippen molar-refractivity contribution in [3.63, 3.8) is 0 Å². The lowest BCUT2D eigenvalue weighted by Gasteiger charge is -2.31. The van der Waals surface area contributed by atoms with E-state index in [2.05, 4.69) is 199 Å². The molecule has 59 heavy (non-hydrogen) atoms. The number of benzene rings is 8. The Bertz CT molecular complexity index is 2960. The summed E-state index contributed by atoms with van der Waals surface area (Å²) in [5.74, 6) is 0. The molecule has 2 heterocycles. The molecule has 0 aliphatic carbocycles. The van der Waals surface area contributed by atoms with Gasteiger partial charge in [-0.25, -0.2) is 0 Å². The molecule has 0 saturated heterocycles. The van der Waals surface area contributed by atoms with E-state index in [1.807, 2.05) is 30.4 Å². The van der Waals surface area contributed by atoms with E-state index < -0.39 is 0 Å². The highest BCUT2D eigenvalue weighted by atomic mass is 16.3. The Balaban J connectivity index is 0.922. The Labute approximate surface area is 345 Å². The predicted octanol–water partition coefficient (Wildman–Crippen LogP) is 14.5. The Morgan fingerprint density at radius 3 is 1.71 bits per heavy atom. The summed E-state index contributed by atoms with van der Waals surface area (Å²) in [5, 5.41) is 2.27. The van der Waals surface area contributed by atoms with Crippen LogP contribution in [0.4, 0.5) is 28.4 Å². The van der Waals surface area contributed by atoms with E-state index in [1.165, 1.54) is 33.4 Å². The van der Waals surface area contributed by atoms with E-state index in [4.69, 9.17) is 10.2 Å². The number of rotatable bonds is 7. The first kappa shape index (κ1) is 36.0. The third-order valence-corrected chi connectivity index (χ3v) is 11.4. The van der Waals surface area contributed by atoms with Crippen molar-refractivity contribution in [1.29, 1.82) is 0 Å². The molecule has 0 saturated carbocycles. The van der Waals surface area contributed by atoms with E-state index in [0.717, 1.165) is 67.9 Å². The van der Waals surface area contributed by atoms with Gasteiger partial charge in [0.15, 0.2) is 0 Å². The van der Waals surface area contributed by atoms with Crippen molar-refractivity contribution < 1.29 is 4.42 Å². The number of para-hydroxylation sites is 2. The molecule has 1 aromatic heterocycles. The minimum atomic E-state index is -0.281. The van der Waals surface area contributed by atoms with Crippen molar-refractivity contribution in [1.82, 2.24) is 0 Å². The van der Waals surface area contributed by atoms with Crippen LogP contribution in [0.15, 0.2) is 217 Å². The lowest BCUT2D eigenvalue weighted by atomic mass is 9.97. The number of furan rings is 1. The van der Waals surface area contributed by atoms with Gasteiger partial charge in [-0.2, -0.15) is 0 Å². The number of anilines is 5. The molecule has 4 heteroatoms. The normalized spacial score (nSPS) is 14.9. The molecule has 284 valence electrons. The maximum Gasteiger partial charge on any atom is 0.135 e. The molecule has 1 aliphatic heterocycles. The van der Waals surface area contributed by atoms with Gasteiger partial charge in [0, 0.05) is 39.2 Å². The number of hydrogen-bond donors (Lipinski definition) is 1. The minimum Gasteiger partial charge on any atom is -0.456 e. The summed E-state index contributed by atoms with van der Waals surface area (Å²) in [5.41, 5.74) is 23.5. The van der Waals surface area contributed by atoms with Gasteiger partial charge in [0.1, 0.15) is 17.3 Å². The third-order valence-electron chi connectivity index (χ3n) is 11.4. The Morgan fingerprint density at radius 1 is 0.508 bits per heavy atom. The second-order valence-corrected chi connectivity index (χ2v) is 15.2. The van der Waals surface area contributed by atoms with Crippen LogP contribution in [0.3, 0.4) is 0 Å². The SMILES string of the molecule is Cc1ccc(N(c2ccc(-c3ccc(-c4ccc5c(c4)C/C=C\C=C/C(N)N5c4ccccc4)cc3)cc2)c2ccc(-c3ccc4oc5ccccc5c4c3)cc2)cc1. The molecule has 0 spiro atoms. The molecule has 0 radical (unpaired) electrons. The van der Waals surface area contributed by atoms with Gasteiger partial charge in [0.25, 0.3) is 0 Å². The third kappa shape index (κ3) is 7.12. The first-order chi connectivity index (χ1) is 29.1. The average Bonchev–Trinajstić information content (AvgIpc) is 3.69. The fourth-order valence-corrected chi connectivity index (χ4v) is 8.27. The van der Waals surface area contributed by atoms with Crippen LogP contribution >= 0.6 is 0 Å². The number of aryl methyl sites for hydroxylation is 1. The second kappa shape index (κ2) is 15.5. The molecule has 0 bridgehead atoms. The van der Waals surface area contributed by atoms with Crippen LogP contribution in [0, 0.1) is 6.92 Å². The molecule has 4 nitrogen and oxygen atoms in total. The number of fused-ring (bicyclic) bond motifs is 4. The van der Waals surface area contributed by atoms with E-state index in [1.54, 1.807) is 0 Å². The second-order valence-electron chi connectivity index (χ2n) is 15.2. The topological polar surface area (TPSA) is 45.6 Å². The van der Waals surface area contributed by atoms with E-state index in [9.17, 15) is 0 Å². The molecule has 1 aliphatic rings. The Kier molecular flexibility index (Phi) is 9.45. The highest BCUT2D eigenvalue weighted by Gasteiger charge is 2.20. The van der Waals surface area contributed by atoms with Crippen LogP contribution in [0.1, 0.15) is 11.1 Å². The van der Waals surface area contributed by atoms with Crippen LogP contribution in [0.2, 0.25) is 0 Å². The fraction of sp³-hybridized carbons (Fsp3) is 0.0545. The van der Waals surface area contributed by atoms with Gasteiger partial charge >= 0.3 is 0 Å². The van der Waals surface area contributed by atoms with E-state index >= 15 is 0 Å². The molecule has 0 amide bonds. The van der Waals surface area contributed by atoms with Gasteiger partial charge in [-0.3, -0.25) is 0 Å². The summed E-state index contributed by atoms with van der Waals surface area (Å²) < 4.78 is 6.09. The molecule has 8 aromatic carbocycles.